The van der Waals surface area contributed by atoms with Crippen LogP contribution in [0.25, 0.3) is 0 Å². The normalized spacial score (nSPS) is 24.3. The first-order valence-corrected chi connectivity index (χ1v) is 3.28. The quantitative estimate of drug-likeness (QED) is 0.521. The van der Waals surface area contributed by atoms with E-state index in [0.717, 1.165) is 18.8 Å². The van der Waals surface area contributed by atoms with E-state index in [1.165, 1.54) is 11.3 Å². The Kier molecular flexibility index (Phi) is 0.891. The van der Waals surface area contributed by atoms with E-state index >= 15 is 0 Å². The predicted molar refractivity (Wildman–Crippen MR) is 33.1 cm³/mol. The lowest BCUT2D eigenvalue weighted by Crippen LogP contribution is -1.90. The van der Waals surface area contributed by atoms with E-state index < -0.39 is 0 Å². The van der Waals surface area contributed by atoms with E-state index in [0.29, 0.717) is 0 Å². The molecule has 0 amide bonds. The monoisotopic (exact) mass is 123 g/mol. The van der Waals surface area contributed by atoms with Crippen molar-refractivity contribution in [3.05, 3.63) is 17.5 Å². The summed E-state index contributed by atoms with van der Waals surface area (Å²) in [6, 6.07) is 0. The Labute approximate surface area is 53.9 Å². The number of nitrogens with zero attached hydrogens (tertiary/aromatic N) is 1. The van der Waals surface area contributed by atoms with Gasteiger partial charge in [-0.25, -0.2) is 0 Å². The highest BCUT2D eigenvalue weighted by Gasteiger charge is 2.20. The zero-order valence-electron chi connectivity index (χ0n) is 5.42. The van der Waals surface area contributed by atoms with Crippen molar-refractivity contribution in [3.8, 4) is 0 Å². The van der Waals surface area contributed by atoms with Crippen LogP contribution in [0, 0.1) is 5.92 Å². The van der Waals surface area contributed by atoms with Crippen LogP contribution < -0.4 is 0 Å². The Bertz CT molecular complexity index is 196. The van der Waals surface area contributed by atoms with E-state index in [4.69, 9.17) is 4.52 Å². The fourth-order valence-corrected chi connectivity index (χ4v) is 1.39. The molecule has 0 radical (unpaired) electrons. The number of fused-ring (bicyclic) bond motifs is 1. The summed E-state index contributed by atoms with van der Waals surface area (Å²) in [6.45, 7) is 2.24. The van der Waals surface area contributed by atoms with Crippen LogP contribution in [-0.2, 0) is 12.8 Å². The average molecular weight is 123 g/mol. The van der Waals surface area contributed by atoms with Crippen molar-refractivity contribution in [2.75, 3.05) is 0 Å². The summed E-state index contributed by atoms with van der Waals surface area (Å²) in [5, 5.41) is 3.87. The van der Waals surface area contributed by atoms with Crippen LogP contribution in [-0.4, -0.2) is 5.16 Å². The minimum atomic E-state index is 0.777. The number of hydrogen-bond donors (Lipinski definition) is 0. The number of hydrogen-bond acceptors (Lipinski definition) is 2. The van der Waals surface area contributed by atoms with Gasteiger partial charge in [0.1, 0.15) is 6.26 Å². The van der Waals surface area contributed by atoms with Crippen LogP contribution in [0.1, 0.15) is 18.2 Å². The summed E-state index contributed by atoms with van der Waals surface area (Å²) >= 11 is 0. The highest BCUT2D eigenvalue weighted by molar-refractivity contribution is 5.20. The van der Waals surface area contributed by atoms with Crippen molar-refractivity contribution in [3.63, 3.8) is 0 Å². The maximum Gasteiger partial charge on any atom is 0.127 e. The first-order valence-electron chi connectivity index (χ1n) is 3.28. The smallest absolute Gasteiger partial charge is 0.127 e. The van der Waals surface area contributed by atoms with E-state index in [1.54, 1.807) is 6.26 Å². The van der Waals surface area contributed by atoms with Gasteiger partial charge >= 0.3 is 0 Å². The molecule has 0 spiro atoms. The summed E-state index contributed by atoms with van der Waals surface area (Å²) in [6.07, 6.45) is 4.02. The first-order chi connectivity index (χ1) is 4.36. The van der Waals surface area contributed by atoms with E-state index in [-0.39, 0.29) is 0 Å². The minimum absolute atomic E-state index is 0.777. The Morgan fingerprint density at radius 1 is 1.67 bits per heavy atom. The van der Waals surface area contributed by atoms with Crippen molar-refractivity contribution in [1.29, 1.82) is 0 Å². The molecule has 1 heterocycles. The molecule has 0 bridgehead atoms. The van der Waals surface area contributed by atoms with Crippen molar-refractivity contribution in [1.82, 2.24) is 5.16 Å². The predicted octanol–water partition coefficient (Wildman–Crippen LogP) is 1.41. The molecule has 1 atom stereocenters. The van der Waals surface area contributed by atoms with Crippen molar-refractivity contribution in [2.45, 2.75) is 19.8 Å². The summed E-state index contributed by atoms with van der Waals surface area (Å²) in [7, 11) is 0. The molecule has 0 saturated heterocycles. The lowest BCUT2D eigenvalue weighted by atomic mass is 10.1. The van der Waals surface area contributed by atoms with Crippen LogP contribution in [0.3, 0.4) is 0 Å². The summed E-state index contributed by atoms with van der Waals surface area (Å²) in [5.74, 6) is 0.777. The topological polar surface area (TPSA) is 26.0 Å². The zero-order chi connectivity index (χ0) is 6.27. The Balaban J connectivity index is 2.39. The van der Waals surface area contributed by atoms with Crippen LogP contribution in [0.2, 0.25) is 0 Å². The first kappa shape index (κ1) is 5.03. The lowest BCUT2D eigenvalue weighted by molar-refractivity contribution is 0.401. The Hall–Kier alpha value is -0.790. The van der Waals surface area contributed by atoms with Gasteiger partial charge in [-0.2, -0.15) is 0 Å². The van der Waals surface area contributed by atoms with Crippen LogP contribution in [0.5, 0.6) is 0 Å². The third-order valence-corrected chi connectivity index (χ3v) is 1.84. The molecule has 1 aliphatic carbocycles. The van der Waals surface area contributed by atoms with Crippen molar-refractivity contribution in [2.24, 2.45) is 5.92 Å². The fraction of sp³-hybridized carbons (Fsp3) is 0.571. The van der Waals surface area contributed by atoms with Gasteiger partial charge in [0, 0.05) is 5.56 Å². The largest absolute Gasteiger partial charge is 0.364 e. The van der Waals surface area contributed by atoms with Gasteiger partial charge in [-0.3, -0.25) is 0 Å². The molecule has 2 nitrogen and oxygen atoms in total. The molecular formula is C7H9NO. The molecule has 9 heavy (non-hydrogen) atoms. The minimum Gasteiger partial charge on any atom is -0.364 e. The molecule has 0 N–H and O–H groups in total. The highest BCUT2D eigenvalue weighted by atomic mass is 16.5. The van der Waals surface area contributed by atoms with Gasteiger partial charge in [-0.15, -0.1) is 0 Å². The molecule has 0 saturated carbocycles. The number of rotatable bonds is 0. The molecule has 1 aromatic rings. The third-order valence-electron chi connectivity index (χ3n) is 1.84. The number of aromatic nitrogens is 1. The van der Waals surface area contributed by atoms with Crippen LogP contribution in [0.4, 0.5) is 0 Å². The molecular weight excluding hydrogens is 114 g/mol. The molecule has 48 valence electrons. The average Bonchev–Trinajstić information content (AvgIpc) is 2.22. The second-order valence-corrected chi connectivity index (χ2v) is 2.80. The summed E-state index contributed by atoms with van der Waals surface area (Å²) in [5.41, 5.74) is 2.48. The third kappa shape index (κ3) is 0.661. The molecule has 1 aromatic heterocycles. The maximum absolute atomic E-state index is 4.79. The van der Waals surface area contributed by atoms with Gasteiger partial charge in [0.05, 0.1) is 5.69 Å². The molecule has 0 fully saturated rings. The standard InChI is InChI=1S/C7H9NO/c1-5-2-6-4-9-8-7(6)3-5/h4-5H,2-3H2,1H3. The van der Waals surface area contributed by atoms with Crippen molar-refractivity contribution >= 4 is 0 Å². The van der Waals surface area contributed by atoms with Gasteiger partial charge in [0.15, 0.2) is 0 Å². The van der Waals surface area contributed by atoms with Crippen LogP contribution >= 0.6 is 0 Å². The van der Waals surface area contributed by atoms with E-state index in [1.807, 2.05) is 0 Å². The Morgan fingerprint density at radius 2 is 2.56 bits per heavy atom. The second-order valence-electron chi connectivity index (χ2n) is 2.80. The van der Waals surface area contributed by atoms with Crippen LogP contribution in [0.15, 0.2) is 10.8 Å². The second kappa shape index (κ2) is 1.59. The van der Waals surface area contributed by atoms with Gasteiger partial charge < -0.3 is 4.52 Å². The molecule has 0 aromatic carbocycles. The summed E-state index contributed by atoms with van der Waals surface area (Å²) < 4.78 is 4.79. The van der Waals surface area contributed by atoms with E-state index in [2.05, 4.69) is 12.1 Å². The van der Waals surface area contributed by atoms with Gasteiger partial charge in [-0.05, 0) is 18.8 Å². The molecule has 0 aliphatic heterocycles. The fourth-order valence-electron chi connectivity index (χ4n) is 1.39. The molecule has 2 rings (SSSR count). The molecule has 1 aliphatic rings. The lowest BCUT2D eigenvalue weighted by Gasteiger charge is -1.93. The van der Waals surface area contributed by atoms with E-state index in [9.17, 15) is 0 Å². The maximum atomic E-state index is 4.79. The van der Waals surface area contributed by atoms with Gasteiger partial charge in [0.25, 0.3) is 0 Å². The summed E-state index contributed by atoms with van der Waals surface area (Å²) in [4.78, 5) is 0. The van der Waals surface area contributed by atoms with Crippen molar-refractivity contribution < 1.29 is 4.52 Å². The molecule has 2 heteroatoms. The van der Waals surface area contributed by atoms with Gasteiger partial charge in [0.2, 0.25) is 0 Å². The van der Waals surface area contributed by atoms with Gasteiger partial charge in [-0.1, -0.05) is 12.1 Å². The zero-order valence-corrected chi connectivity index (χ0v) is 5.42. The Morgan fingerprint density at radius 3 is 3.33 bits per heavy atom. The molecule has 1 unspecified atom stereocenters. The highest BCUT2D eigenvalue weighted by Crippen LogP contribution is 2.24. The SMILES string of the molecule is CC1Cc2conc2C1.